The lowest BCUT2D eigenvalue weighted by molar-refractivity contribution is -0.218. The fourth-order valence-corrected chi connectivity index (χ4v) is 3.92. The molecule has 30 heavy (non-hydrogen) atoms. The molecule has 0 aromatic heterocycles. The van der Waals surface area contributed by atoms with Gasteiger partial charge in [-0.25, -0.2) is 0 Å². The predicted molar refractivity (Wildman–Crippen MR) is 112 cm³/mol. The van der Waals surface area contributed by atoms with E-state index in [0.29, 0.717) is 17.5 Å². The van der Waals surface area contributed by atoms with Gasteiger partial charge in [0.25, 0.3) is 5.91 Å². The normalized spacial score (nSPS) is 26.4. The first-order valence-electron chi connectivity index (χ1n) is 10.1. The van der Waals surface area contributed by atoms with Crippen LogP contribution in [0.5, 0.6) is 5.75 Å². The van der Waals surface area contributed by atoms with E-state index >= 15 is 0 Å². The number of hydrogen-bond acceptors (Lipinski definition) is 6. The number of aliphatic hydroxyl groups is 3. The van der Waals surface area contributed by atoms with Crippen LogP contribution in [0.1, 0.15) is 29.3 Å². The molecule has 1 heterocycles. The summed E-state index contributed by atoms with van der Waals surface area (Å²) in [5.41, 5.74) is 1.35. The summed E-state index contributed by atoms with van der Waals surface area (Å²) >= 11 is 0. The Bertz CT molecular complexity index is 901. The molecule has 1 saturated heterocycles. The highest BCUT2D eigenvalue weighted by Crippen LogP contribution is 2.34. The van der Waals surface area contributed by atoms with E-state index in [4.69, 9.17) is 4.74 Å². The highest BCUT2D eigenvalue weighted by atomic mass is 16.5. The number of aliphatic hydroxyl groups excluding tert-OH is 2. The molecule has 7 heteroatoms. The van der Waals surface area contributed by atoms with Gasteiger partial charge < -0.3 is 30.5 Å². The Morgan fingerprint density at radius 2 is 1.97 bits per heavy atom. The van der Waals surface area contributed by atoms with Gasteiger partial charge in [-0.2, -0.15) is 0 Å². The van der Waals surface area contributed by atoms with Crippen LogP contribution in [0.4, 0.5) is 0 Å². The third kappa shape index (κ3) is 4.49. The Morgan fingerprint density at radius 3 is 2.67 bits per heavy atom. The van der Waals surface area contributed by atoms with Gasteiger partial charge >= 0.3 is 0 Å². The van der Waals surface area contributed by atoms with Crippen molar-refractivity contribution in [1.29, 1.82) is 0 Å². The monoisotopic (exact) mass is 415 g/mol. The summed E-state index contributed by atoms with van der Waals surface area (Å²) < 4.78 is 5.52. The molecule has 2 aromatic carbocycles. The van der Waals surface area contributed by atoms with E-state index in [1.165, 1.54) is 0 Å². The molecular weight excluding hydrogens is 386 g/mol. The van der Waals surface area contributed by atoms with Crippen LogP contribution in [-0.4, -0.2) is 64.4 Å². The average molecular weight is 415 g/mol. The molecule has 0 radical (unpaired) electrons. The average Bonchev–Trinajstić information content (AvgIpc) is 2.77. The van der Waals surface area contributed by atoms with Crippen molar-refractivity contribution >= 4 is 5.91 Å². The van der Waals surface area contributed by atoms with Gasteiger partial charge in [0.2, 0.25) is 0 Å². The number of aryl methyl sites for hydroxylation is 1. The van der Waals surface area contributed by atoms with Crippen molar-refractivity contribution < 1.29 is 30.0 Å². The molecule has 0 saturated carbocycles. The zero-order chi connectivity index (χ0) is 21.9. The number of benzene rings is 2. The summed E-state index contributed by atoms with van der Waals surface area (Å²) in [7, 11) is 1.57. The number of carbonyl (C=O) groups excluding carboxylic acids is 1. The molecule has 0 bridgehead atoms. The molecule has 162 valence electrons. The topological polar surface area (TPSA) is 119 Å². The SMILES string of the molecule is CNC(=O)c1cccc(-c2ccc(O)c(CCC3(O)COC(CO)C(C)C3O)c2)c1. The van der Waals surface area contributed by atoms with Crippen LogP contribution in [0, 0.1) is 5.92 Å². The van der Waals surface area contributed by atoms with Crippen LogP contribution >= 0.6 is 0 Å². The number of amides is 1. The second kappa shape index (κ2) is 9.14. The Labute approximate surface area is 175 Å². The van der Waals surface area contributed by atoms with Crippen molar-refractivity contribution in [1.82, 2.24) is 5.32 Å². The quantitative estimate of drug-likeness (QED) is 0.488. The zero-order valence-electron chi connectivity index (χ0n) is 17.2. The van der Waals surface area contributed by atoms with Gasteiger partial charge in [-0.3, -0.25) is 4.79 Å². The molecule has 2 aromatic rings. The number of nitrogens with one attached hydrogen (secondary N) is 1. The lowest BCUT2D eigenvalue weighted by atomic mass is 9.79. The molecule has 5 N–H and O–H groups in total. The minimum absolute atomic E-state index is 0.0850. The molecule has 0 spiro atoms. The molecule has 7 nitrogen and oxygen atoms in total. The predicted octanol–water partition coefficient (Wildman–Crippen LogP) is 1.47. The summed E-state index contributed by atoms with van der Waals surface area (Å²) in [4.78, 5) is 11.9. The van der Waals surface area contributed by atoms with Gasteiger partial charge in [0.05, 0.1) is 25.4 Å². The zero-order valence-corrected chi connectivity index (χ0v) is 17.2. The second-order valence-corrected chi connectivity index (χ2v) is 7.94. The van der Waals surface area contributed by atoms with Crippen LogP contribution in [0.2, 0.25) is 0 Å². The summed E-state index contributed by atoms with van der Waals surface area (Å²) in [6, 6.07) is 12.3. The number of ether oxygens (including phenoxy) is 1. The van der Waals surface area contributed by atoms with Gasteiger partial charge in [-0.1, -0.05) is 25.1 Å². The van der Waals surface area contributed by atoms with E-state index < -0.39 is 23.7 Å². The third-order valence-corrected chi connectivity index (χ3v) is 5.95. The Morgan fingerprint density at radius 1 is 1.23 bits per heavy atom. The number of rotatable bonds is 6. The smallest absolute Gasteiger partial charge is 0.251 e. The first-order chi connectivity index (χ1) is 14.3. The minimum atomic E-state index is -1.47. The van der Waals surface area contributed by atoms with Crippen molar-refractivity contribution in [3.05, 3.63) is 53.6 Å². The summed E-state index contributed by atoms with van der Waals surface area (Å²) in [6.07, 6.45) is -1.05. The molecule has 4 unspecified atom stereocenters. The summed E-state index contributed by atoms with van der Waals surface area (Å²) in [5, 5.41) is 43.7. The van der Waals surface area contributed by atoms with Crippen LogP contribution in [-0.2, 0) is 11.2 Å². The van der Waals surface area contributed by atoms with E-state index in [2.05, 4.69) is 5.32 Å². The maximum absolute atomic E-state index is 11.9. The third-order valence-electron chi connectivity index (χ3n) is 5.95. The van der Waals surface area contributed by atoms with Gasteiger partial charge in [0.15, 0.2) is 0 Å². The Kier molecular flexibility index (Phi) is 6.77. The van der Waals surface area contributed by atoms with E-state index in [1.807, 2.05) is 12.1 Å². The first-order valence-corrected chi connectivity index (χ1v) is 10.1. The number of aromatic hydroxyl groups is 1. The molecule has 1 aliphatic heterocycles. The molecule has 1 amide bonds. The first kappa shape index (κ1) is 22.2. The summed E-state index contributed by atoms with van der Waals surface area (Å²) in [5.74, 6) is -0.502. The molecule has 1 aliphatic rings. The molecule has 4 atom stereocenters. The van der Waals surface area contributed by atoms with Crippen molar-refractivity contribution in [2.45, 2.75) is 37.6 Å². The molecule has 3 rings (SSSR count). The lowest BCUT2D eigenvalue weighted by Crippen LogP contribution is -2.58. The maximum atomic E-state index is 11.9. The second-order valence-electron chi connectivity index (χ2n) is 7.94. The van der Waals surface area contributed by atoms with Crippen molar-refractivity contribution in [2.75, 3.05) is 20.3 Å². The fourth-order valence-electron chi connectivity index (χ4n) is 3.92. The number of carbonyl (C=O) groups is 1. The standard InChI is InChI=1S/C23H29NO6/c1-14-20(12-25)30-13-23(29,21(14)27)9-8-17-10-16(6-7-19(17)26)15-4-3-5-18(11-15)22(28)24-2/h3-7,10-11,14,20-21,25-27,29H,8-9,12-13H2,1-2H3,(H,24,28). The fraction of sp³-hybridized carbons (Fsp3) is 0.435. The van der Waals surface area contributed by atoms with E-state index in [-0.39, 0.29) is 31.3 Å². The number of phenolic OH excluding ortho intramolecular Hbond substituents is 1. The largest absolute Gasteiger partial charge is 0.508 e. The number of hydrogen-bond donors (Lipinski definition) is 5. The van der Waals surface area contributed by atoms with E-state index in [0.717, 1.165) is 11.1 Å². The summed E-state index contributed by atoms with van der Waals surface area (Å²) in [6.45, 7) is 1.43. The Balaban J connectivity index is 1.79. The van der Waals surface area contributed by atoms with E-state index in [9.17, 15) is 25.2 Å². The number of phenols is 1. The highest BCUT2D eigenvalue weighted by molar-refractivity contribution is 5.95. The van der Waals surface area contributed by atoms with Crippen molar-refractivity contribution in [2.24, 2.45) is 5.92 Å². The minimum Gasteiger partial charge on any atom is -0.508 e. The lowest BCUT2D eigenvalue weighted by Gasteiger charge is -2.44. The van der Waals surface area contributed by atoms with Gasteiger partial charge in [-0.15, -0.1) is 0 Å². The van der Waals surface area contributed by atoms with Crippen LogP contribution in [0.3, 0.4) is 0 Å². The Hall–Kier alpha value is -2.45. The van der Waals surface area contributed by atoms with Gasteiger partial charge in [-0.05, 0) is 53.8 Å². The van der Waals surface area contributed by atoms with Crippen LogP contribution < -0.4 is 5.32 Å². The van der Waals surface area contributed by atoms with Crippen molar-refractivity contribution in [3.8, 4) is 16.9 Å². The van der Waals surface area contributed by atoms with Crippen molar-refractivity contribution in [3.63, 3.8) is 0 Å². The van der Waals surface area contributed by atoms with Gasteiger partial charge in [0, 0.05) is 18.5 Å². The van der Waals surface area contributed by atoms with Crippen LogP contribution in [0.25, 0.3) is 11.1 Å². The highest BCUT2D eigenvalue weighted by Gasteiger charge is 2.46. The van der Waals surface area contributed by atoms with Gasteiger partial charge in [0.1, 0.15) is 11.4 Å². The molecule has 0 aliphatic carbocycles. The molecule has 1 fully saturated rings. The maximum Gasteiger partial charge on any atom is 0.251 e. The molecular formula is C23H29NO6. The van der Waals surface area contributed by atoms with Crippen LogP contribution in [0.15, 0.2) is 42.5 Å². The van der Waals surface area contributed by atoms with E-state index in [1.54, 1.807) is 44.3 Å².